The van der Waals surface area contributed by atoms with Gasteiger partial charge >= 0.3 is 5.97 Å². The molecule has 1 heterocycles. The van der Waals surface area contributed by atoms with Gasteiger partial charge in [0.2, 0.25) is 10.0 Å². The molecule has 0 aromatic heterocycles. The van der Waals surface area contributed by atoms with Gasteiger partial charge in [0, 0.05) is 13.1 Å². The van der Waals surface area contributed by atoms with Crippen LogP contribution in [0.15, 0.2) is 29.2 Å². The van der Waals surface area contributed by atoms with E-state index in [1.54, 1.807) is 24.3 Å². The Hall–Kier alpha value is -1.40. The van der Waals surface area contributed by atoms with Crippen LogP contribution >= 0.6 is 0 Å². The molecule has 1 aliphatic heterocycles. The third kappa shape index (κ3) is 1.95. The highest BCUT2D eigenvalue weighted by molar-refractivity contribution is 7.89. The lowest BCUT2D eigenvalue weighted by molar-refractivity contribution is -0.139. The number of carbonyl (C=O) groups is 1. The van der Waals surface area contributed by atoms with Crippen molar-refractivity contribution in [1.29, 1.82) is 0 Å². The number of piperidine rings is 1. The number of fused-ring (bicyclic) bond motifs is 1. The van der Waals surface area contributed by atoms with Crippen molar-refractivity contribution in [3.8, 4) is 0 Å². The molecule has 6 heteroatoms. The zero-order valence-corrected chi connectivity index (χ0v) is 11.3. The second-order valence-corrected chi connectivity index (χ2v) is 7.26. The van der Waals surface area contributed by atoms with Gasteiger partial charge < -0.3 is 5.11 Å². The average Bonchev–Trinajstić information content (AvgIpc) is 2.86. The van der Waals surface area contributed by atoms with Crippen molar-refractivity contribution in [1.82, 2.24) is 4.31 Å². The van der Waals surface area contributed by atoms with E-state index in [2.05, 4.69) is 0 Å². The van der Waals surface area contributed by atoms with Crippen LogP contribution in [0.2, 0.25) is 0 Å². The molecule has 1 N–H and O–H groups in total. The van der Waals surface area contributed by atoms with Crippen LogP contribution in [0.25, 0.3) is 0 Å². The summed E-state index contributed by atoms with van der Waals surface area (Å²) in [6, 6.07) is 6.74. The number of aliphatic carboxylic acids is 1. The number of sulfonamides is 1. The minimum Gasteiger partial charge on any atom is -0.481 e. The second kappa shape index (κ2) is 4.05. The van der Waals surface area contributed by atoms with Crippen molar-refractivity contribution in [2.45, 2.75) is 11.8 Å². The van der Waals surface area contributed by atoms with Crippen molar-refractivity contribution in [3.05, 3.63) is 29.8 Å². The van der Waals surface area contributed by atoms with Crippen LogP contribution in [0.3, 0.4) is 0 Å². The van der Waals surface area contributed by atoms with E-state index in [0.29, 0.717) is 13.1 Å². The lowest BCUT2D eigenvalue weighted by atomic mass is 10.2. The van der Waals surface area contributed by atoms with E-state index in [1.165, 1.54) is 4.31 Å². The van der Waals surface area contributed by atoms with Gasteiger partial charge in [0.25, 0.3) is 0 Å². The molecular formula is C13H15NO4S. The van der Waals surface area contributed by atoms with Crippen LogP contribution in [0.1, 0.15) is 5.56 Å². The fourth-order valence-corrected chi connectivity index (χ4v) is 4.42. The minimum atomic E-state index is -3.47. The average molecular weight is 281 g/mol. The summed E-state index contributed by atoms with van der Waals surface area (Å²) in [7, 11) is -3.47. The maximum absolute atomic E-state index is 12.4. The lowest BCUT2D eigenvalue weighted by Crippen LogP contribution is -2.32. The molecule has 1 saturated heterocycles. The molecule has 1 aromatic rings. The Balaban J connectivity index is 1.78. The molecule has 0 spiro atoms. The molecule has 19 heavy (non-hydrogen) atoms. The summed E-state index contributed by atoms with van der Waals surface area (Å²) >= 11 is 0. The predicted molar refractivity (Wildman–Crippen MR) is 68.0 cm³/mol. The summed E-state index contributed by atoms with van der Waals surface area (Å²) in [5.74, 6) is -1.15. The first kappa shape index (κ1) is 12.6. The number of hydrogen-bond acceptors (Lipinski definition) is 3. The van der Waals surface area contributed by atoms with E-state index >= 15 is 0 Å². The summed E-state index contributed by atoms with van der Waals surface area (Å²) < 4.78 is 26.1. The van der Waals surface area contributed by atoms with E-state index in [4.69, 9.17) is 5.11 Å². The van der Waals surface area contributed by atoms with E-state index in [1.807, 2.05) is 6.92 Å². The van der Waals surface area contributed by atoms with E-state index in [-0.39, 0.29) is 22.6 Å². The Kier molecular flexibility index (Phi) is 2.69. The summed E-state index contributed by atoms with van der Waals surface area (Å²) in [5, 5.41) is 8.93. The molecule has 1 aromatic carbocycles. The molecule has 1 saturated carbocycles. The zero-order valence-electron chi connectivity index (χ0n) is 10.5. The quantitative estimate of drug-likeness (QED) is 0.895. The smallest absolute Gasteiger partial charge is 0.307 e. The molecule has 5 nitrogen and oxygen atoms in total. The van der Waals surface area contributed by atoms with Crippen molar-refractivity contribution in [2.75, 3.05) is 13.1 Å². The van der Waals surface area contributed by atoms with Gasteiger partial charge in [-0.15, -0.1) is 0 Å². The van der Waals surface area contributed by atoms with Crippen LogP contribution in [-0.4, -0.2) is 36.9 Å². The van der Waals surface area contributed by atoms with Crippen molar-refractivity contribution in [3.63, 3.8) is 0 Å². The Morgan fingerprint density at radius 3 is 2.21 bits per heavy atom. The standard InChI is InChI=1S/C13H15NO4S/c1-8-2-4-9(5-3-8)19(17,18)14-6-10-11(7-14)12(10)13(15)16/h2-5,10-12H,6-7H2,1H3,(H,15,16). The number of rotatable bonds is 3. The predicted octanol–water partition coefficient (Wildman–Crippen LogP) is 0.946. The largest absolute Gasteiger partial charge is 0.481 e. The highest BCUT2D eigenvalue weighted by Gasteiger charge is 2.61. The van der Waals surface area contributed by atoms with E-state index < -0.39 is 16.0 Å². The van der Waals surface area contributed by atoms with E-state index in [9.17, 15) is 13.2 Å². The summed E-state index contributed by atoms with van der Waals surface area (Å²) in [6.07, 6.45) is 0. The number of nitrogens with zero attached hydrogens (tertiary/aromatic N) is 1. The number of hydrogen-bond donors (Lipinski definition) is 1. The van der Waals surface area contributed by atoms with Crippen molar-refractivity contribution < 1.29 is 18.3 Å². The third-order valence-electron chi connectivity index (χ3n) is 4.10. The molecular weight excluding hydrogens is 266 g/mol. The normalized spacial score (nSPS) is 30.1. The molecule has 102 valence electrons. The maximum Gasteiger partial charge on any atom is 0.307 e. The molecule has 0 radical (unpaired) electrons. The van der Waals surface area contributed by atoms with Crippen LogP contribution in [-0.2, 0) is 14.8 Å². The van der Waals surface area contributed by atoms with Gasteiger partial charge in [0.05, 0.1) is 10.8 Å². The van der Waals surface area contributed by atoms with Crippen molar-refractivity contribution >= 4 is 16.0 Å². The monoisotopic (exact) mass is 281 g/mol. The molecule has 3 rings (SSSR count). The lowest BCUT2D eigenvalue weighted by Gasteiger charge is -2.18. The maximum atomic E-state index is 12.4. The molecule has 2 atom stereocenters. The first-order valence-corrected chi connectivity index (χ1v) is 7.65. The van der Waals surface area contributed by atoms with Gasteiger partial charge in [-0.05, 0) is 30.9 Å². The van der Waals surface area contributed by atoms with Crippen LogP contribution in [0.4, 0.5) is 0 Å². The van der Waals surface area contributed by atoms with Gasteiger partial charge in [-0.3, -0.25) is 4.79 Å². The van der Waals surface area contributed by atoms with Crippen LogP contribution in [0, 0.1) is 24.7 Å². The van der Waals surface area contributed by atoms with Gasteiger partial charge in [0.15, 0.2) is 0 Å². The van der Waals surface area contributed by atoms with Crippen LogP contribution in [0.5, 0.6) is 0 Å². The summed E-state index contributed by atoms with van der Waals surface area (Å²) in [6.45, 7) is 2.56. The molecule has 2 fully saturated rings. The van der Waals surface area contributed by atoms with Gasteiger partial charge in [-0.25, -0.2) is 8.42 Å². The first-order valence-electron chi connectivity index (χ1n) is 6.21. The first-order chi connectivity index (χ1) is 8.91. The van der Waals surface area contributed by atoms with Crippen LogP contribution < -0.4 is 0 Å². The highest BCUT2D eigenvalue weighted by Crippen LogP contribution is 2.52. The Morgan fingerprint density at radius 1 is 1.21 bits per heavy atom. The number of benzene rings is 1. The molecule has 0 bridgehead atoms. The van der Waals surface area contributed by atoms with Gasteiger partial charge in [0.1, 0.15) is 0 Å². The number of carboxylic acids is 1. The zero-order chi connectivity index (χ0) is 13.8. The Morgan fingerprint density at radius 2 is 1.74 bits per heavy atom. The molecule has 2 unspecified atom stereocenters. The minimum absolute atomic E-state index is 0.00211. The highest BCUT2D eigenvalue weighted by atomic mass is 32.2. The number of carboxylic acid groups (broad SMARTS) is 1. The van der Waals surface area contributed by atoms with Gasteiger partial charge in [-0.1, -0.05) is 17.7 Å². The fourth-order valence-electron chi connectivity index (χ4n) is 2.91. The third-order valence-corrected chi connectivity index (χ3v) is 5.95. The van der Waals surface area contributed by atoms with Crippen molar-refractivity contribution in [2.24, 2.45) is 17.8 Å². The molecule has 0 amide bonds. The Labute approximate surface area is 111 Å². The SMILES string of the molecule is Cc1ccc(S(=O)(=O)N2CC3C(C2)C3C(=O)O)cc1. The van der Waals surface area contributed by atoms with Gasteiger partial charge in [-0.2, -0.15) is 4.31 Å². The topological polar surface area (TPSA) is 74.7 Å². The Bertz CT molecular complexity index is 611. The summed E-state index contributed by atoms with van der Waals surface area (Å²) in [5.41, 5.74) is 1.01. The molecule has 1 aliphatic carbocycles. The number of aryl methyl sites for hydroxylation is 1. The molecule has 2 aliphatic rings. The van der Waals surface area contributed by atoms with E-state index in [0.717, 1.165) is 5.56 Å². The fraction of sp³-hybridized carbons (Fsp3) is 0.462. The summed E-state index contributed by atoms with van der Waals surface area (Å²) in [4.78, 5) is 11.2. The second-order valence-electron chi connectivity index (χ2n) is 5.33.